The van der Waals surface area contributed by atoms with Gasteiger partial charge in [0.2, 0.25) is 0 Å². The molecule has 2 aromatic heterocycles. The van der Waals surface area contributed by atoms with E-state index in [1.54, 1.807) is 4.68 Å². The van der Waals surface area contributed by atoms with Crippen molar-refractivity contribution in [3.05, 3.63) is 42.4 Å². The molecule has 142 valence electrons. The lowest BCUT2D eigenvalue weighted by Crippen LogP contribution is -2.29. The smallest absolute Gasteiger partial charge is 0.259 e. The molecule has 1 fully saturated rings. The van der Waals surface area contributed by atoms with Gasteiger partial charge in [-0.15, -0.1) is 15.3 Å². The Kier molecular flexibility index (Phi) is 3.16. The van der Waals surface area contributed by atoms with Crippen LogP contribution in [0, 0.1) is 0 Å². The fraction of sp³-hybridized carbons (Fsp3) is 0.333. The molecule has 1 saturated heterocycles. The predicted molar refractivity (Wildman–Crippen MR) is 99.5 cm³/mol. The standard InChI is InChI=1S/C18H18FN9/c1-24-8-4-7-15(24)13-9-27(23-20-13)18-22-21-17-12-5-2-3-6-14(12)26-11-25(19)10-16(26)28(17)18/h2-3,5-6,9-10,15H,4,7-8,11H2,1H3. The number of aromatic nitrogens is 6. The summed E-state index contributed by atoms with van der Waals surface area (Å²) in [5.41, 5.74) is 2.73. The van der Waals surface area contributed by atoms with Crippen molar-refractivity contribution in [3.63, 3.8) is 0 Å². The molecule has 0 saturated carbocycles. The van der Waals surface area contributed by atoms with Crippen LogP contribution in [0.25, 0.3) is 23.2 Å². The number of anilines is 1. The number of nitrogens with zero attached hydrogens (tertiary/aromatic N) is 9. The van der Waals surface area contributed by atoms with E-state index in [0.717, 1.165) is 36.3 Å². The summed E-state index contributed by atoms with van der Waals surface area (Å²) in [6, 6.07) is 8.08. The van der Waals surface area contributed by atoms with Gasteiger partial charge in [0.15, 0.2) is 5.82 Å². The van der Waals surface area contributed by atoms with Gasteiger partial charge >= 0.3 is 0 Å². The highest BCUT2D eigenvalue weighted by molar-refractivity contribution is 5.89. The monoisotopic (exact) mass is 379 g/mol. The molecule has 10 heteroatoms. The molecule has 9 nitrogen and oxygen atoms in total. The van der Waals surface area contributed by atoms with Gasteiger partial charge in [-0.25, -0.2) is 4.57 Å². The Morgan fingerprint density at radius 2 is 2.04 bits per heavy atom. The van der Waals surface area contributed by atoms with Gasteiger partial charge in [0.25, 0.3) is 5.95 Å². The average Bonchev–Trinajstić information content (AvgIpc) is 3.46. The molecule has 3 aromatic rings. The van der Waals surface area contributed by atoms with E-state index in [4.69, 9.17) is 0 Å². The highest BCUT2D eigenvalue weighted by Gasteiger charge is 2.36. The Morgan fingerprint density at radius 3 is 2.89 bits per heavy atom. The molecular weight excluding hydrogens is 361 g/mol. The van der Waals surface area contributed by atoms with Gasteiger partial charge in [0.05, 0.1) is 24.1 Å². The van der Waals surface area contributed by atoms with Crippen LogP contribution in [0.2, 0.25) is 0 Å². The molecule has 28 heavy (non-hydrogen) atoms. The lowest BCUT2D eigenvalue weighted by atomic mass is 10.1. The second-order valence-electron chi connectivity index (χ2n) is 7.36. The largest absolute Gasteiger partial charge is 0.304 e. The van der Waals surface area contributed by atoms with Crippen LogP contribution in [0.3, 0.4) is 0 Å². The van der Waals surface area contributed by atoms with Gasteiger partial charge in [-0.2, -0.15) is 9.80 Å². The van der Waals surface area contributed by atoms with Crippen LogP contribution in [0.5, 0.6) is 0 Å². The van der Waals surface area contributed by atoms with Crippen LogP contribution < -0.4 is 4.90 Å². The number of hydrogen-bond donors (Lipinski definition) is 0. The third-order valence-electron chi connectivity index (χ3n) is 5.70. The summed E-state index contributed by atoms with van der Waals surface area (Å²) in [5.74, 6) is 1.82. The normalized spacial score (nSPS) is 20.9. The van der Waals surface area contributed by atoms with Crippen molar-refractivity contribution in [2.75, 3.05) is 25.2 Å². The van der Waals surface area contributed by atoms with Crippen molar-refractivity contribution < 1.29 is 4.48 Å². The van der Waals surface area contributed by atoms with Crippen LogP contribution in [-0.2, 0) is 0 Å². The van der Waals surface area contributed by atoms with E-state index < -0.39 is 0 Å². The van der Waals surface area contributed by atoms with Gasteiger partial charge in [-0.05, 0) is 38.6 Å². The molecule has 0 bridgehead atoms. The molecule has 0 spiro atoms. The first kappa shape index (κ1) is 15.8. The summed E-state index contributed by atoms with van der Waals surface area (Å²) in [4.78, 5) is 4.18. The van der Waals surface area contributed by atoms with E-state index in [0.29, 0.717) is 22.7 Å². The number of benzene rings is 1. The quantitative estimate of drug-likeness (QED) is 0.631. The average molecular weight is 379 g/mol. The Labute approximate surface area is 160 Å². The van der Waals surface area contributed by atoms with Crippen LogP contribution in [0.15, 0.2) is 36.7 Å². The minimum absolute atomic E-state index is 0.124. The van der Waals surface area contributed by atoms with Crippen LogP contribution >= 0.6 is 0 Å². The van der Waals surface area contributed by atoms with E-state index in [1.807, 2.05) is 39.9 Å². The molecule has 1 aromatic carbocycles. The number of fused-ring (bicyclic) bond motifs is 6. The minimum Gasteiger partial charge on any atom is -0.304 e. The van der Waals surface area contributed by atoms with E-state index >= 15 is 0 Å². The highest BCUT2D eigenvalue weighted by Crippen LogP contribution is 2.42. The first-order valence-corrected chi connectivity index (χ1v) is 9.30. The third kappa shape index (κ3) is 2.09. The van der Waals surface area contributed by atoms with Crippen molar-refractivity contribution in [3.8, 4) is 17.3 Å². The van der Waals surface area contributed by atoms with E-state index in [9.17, 15) is 4.48 Å². The van der Waals surface area contributed by atoms with Gasteiger partial charge < -0.3 is 4.90 Å². The summed E-state index contributed by atoms with van der Waals surface area (Å²) < 4.78 is 17.6. The van der Waals surface area contributed by atoms with Crippen molar-refractivity contribution in [2.45, 2.75) is 18.9 Å². The summed E-state index contributed by atoms with van der Waals surface area (Å²) >= 11 is 0. The Bertz CT molecular complexity index is 1100. The first-order valence-electron chi connectivity index (χ1n) is 9.30. The molecule has 3 aliphatic rings. The zero-order chi connectivity index (χ0) is 18.8. The molecule has 0 amide bonds. The maximum Gasteiger partial charge on any atom is 0.259 e. The molecular formula is C18H18FN9. The lowest BCUT2D eigenvalue weighted by Gasteiger charge is -2.29. The van der Waals surface area contributed by atoms with Gasteiger partial charge in [-0.3, -0.25) is 4.90 Å². The van der Waals surface area contributed by atoms with E-state index in [2.05, 4.69) is 32.5 Å². The first-order chi connectivity index (χ1) is 13.7. The zero-order valence-electron chi connectivity index (χ0n) is 15.3. The lowest BCUT2D eigenvalue weighted by molar-refractivity contribution is 0.104. The number of rotatable bonds is 2. The molecule has 6 rings (SSSR count). The Hall–Kier alpha value is -3.27. The Balaban J connectivity index is 1.50. The summed E-state index contributed by atoms with van der Waals surface area (Å²) in [5, 5.41) is 18.1. The van der Waals surface area contributed by atoms with Crippen LogP contribution in [0.1, 0.15) is 24.6 Å². The molecule has 0 radical (unpaired) electrons. The van der Waals surface area contributed by atoms with Gasteiger partial charge in [0, 0.05) is 5.56 Å². The fourth-order valence-electron chi connectivity index (χ4n) is 4.34. The van der Waals surface area contributed by atoms with E-state index in [1.165, 1.54) is 6.20 Å². The fourth-order valence-corrected chi connectivity index (χ4v) is 4.34. The number of hydrogen-bond acceptors (Lipinski definition) is 7. The second-order valence-corrected chi connectivity index (χ2v) is 7.36. The molecule has 3 aliphatic heterocycles. The molecule has 1 atom stereocenters. The Morgan fingerprint density at radius 1 is 1.14 bits per heavy atom. The third-order valence-corrected chi connectivity index (χ3v) is 5.70. The number of para-hydroxylation sites is 1. The molecule has 1 unspecified atom stereocenters. The maximum absolute atomic E-state index is 14.1. The molecule has 5 heterocycles. The summed E-state index contributed by atoms with van der Waals surface area (Å²) in [6.07, 6.45) is 5.57. The highest BCUT2D eigenvalue weighted by atomic mass is 19.2. The van der Waals surface area contributed by atoms with Gasteiger partial charge in [-0.1, -0.05) is 21.8 Å². The number of halogens is 1. The van der Waals surface area contributed by atoms with Crippen molar-refractivity contribution in [1.82, 2.24) is 39.8 Å². The van der Waals surface area contributed by atoms with Crippen molar-refractivity contribution >= 4 is 11.5 Å². The van der Waals surface area contributed by atoms with E-state index in [-0.39, 0.29) is 12.7 Å². The minimum atomic E-state index is 0.124. The van der Waals surface area contributed by atoms with Crippen molar-refractivity contribution in [2.24, 2.45) is 0 Å². The van der Waals surface area contributed by atoms with Crippen molar-refractivity contribution in [1.29, 1.82) is 0 Å². The van der Waals surface area contributed by atoms with Crippen LogP contribution in [-0.4, -0.2) is 60.0 Å². The topological polar surface area (TPSA) is 71.1 Å². The predicted octanol–water partition coefficient (Wildman–Crippen LogP) is 2.03. The number of likely N-dealkylation sites (tertiary alicyclic amines) is 1. The maximum atomic E-state index is 14.1. The van der Waals surface area contributed by atoms with Gasteiger partial charge in [0.1, 0.15) is 18.2 Å². The summed E-state index contributed by atoms with van der Waals surface area (Å²) in [7, 11) is 2.10. The molecule has 0 N–H and O–H groups in total. The molecule has 0 aliphatic carbocycles. The summed E-state index contributed by atoms with van der Waals surface area (Å²) in [6.45, 7) is 1.18. The van der Waals surface area contributed by atoms with Crippen LogP contribution in [0.4, 0.5) is 10.2 Å². The second kappa shape index (κ2) is 5.61. The zero-order valence-corrected chi connectivity index (χ0v) is 15.3. The SMILES string of the molecule is CN1CCCC1c1cn(-c2nnc3n2C2=CN(F)CN2c2ccccc2-3)nn1.